The molecule has 2 amide bonds. The first-order chi connectivity index (χ1) is 13.6. The van der Waals surface area contributed by atoms with Gasteiger partial charge in [-0.15, -0.1) is 22.7 Å². The molecule has 3 N–H and O–H groups in total. The standard InChI is InChI=1S/C20H20N2O4S2/c1-26-14-5-2-4-13(10-14)11-21-19(24)20(25)22-12-15-7-8-17(28-15)18(23)16-6-3-9-27-16/h2-10,18,23H,11-12H2,1H3,(H,21,24)(H,22,25). The summed E-state index contributed by atoms with van der Waals surface area (Å²) in [6.07, 6.45) is -0.666. The minimum Gasteiger partial charge on any atom is -0.497 e. The van der Waals surface area contributed by atoms with Crippen LogP contribution in [0.4, 0.5) is 0 Å². The van der Waals surface area contributed by atoms with Gasteiger partial charge in [-0.2, -0.15) is 0 Å². The molecule has 0 saturated carbocycles. The quantitative estimate of drug-likeness (QED) is 0.517. The average molecular weight is 417 g/mol. The molecule has 0 aliphatic carbocycles. The lowest BCUT2D eigenvalue weighted by atomic mass is 10.2. The van der Waals surface area contributed by atoms with Crippen molar-refractivity contribution in [2.75, 3.05) is 7.11 Å². The highest BCUT2D eigenvalue weighted by atomic mass is 32.1. The fraction of sp³-hybridized carbons (Fsp3) is 0.200. The third kappa shape index (κ3) is 5.19. The molecule has 146 valence electrons. The zero-order valence-electron chi connectivity index (χ0n) is 15.2. The van der Waals surface area contributed by atoms with E-state index in [2.05, 4.69) is 10.6 Å². The van der Waals surface area contributed by atoms with Gasteiger partial charge in [-0.25, -0.2) is 0 Å². The maximum atomic E-state index is 12.0. The summed E-state index contributed by atoms with van der Waals surface area (Å²) in [6.45, 7) is 0.465. The molecule has 1 atom stereocenters. The van der Waals surface area contributed by atoms with Crippen molar-refractivity contribution < 1.29 is 19.4 Å². The number of aliphatic hydroxyl groups excluding tert-OH is 1. The highest BCUT2D eigenvalue weighted by Gasteiger charge is 2.16. The van der Waals surface area contributed by atoms with Gasteiger partial charge in [0, 0.05) is 21.2 Å². The van der Waals surface area contributed by atoms with Crippen LogP contribution in [0.5, 0.6) is 5.75 Å². The number of ether oxygens (including phenoxy) is 1. The van der Waals surface area contributed by atoms with Crippen LogP contribution in [0.1, 0.15) is 26.3 Å². The second-order valence-corrected chi connectivity index (χ2v) is 8.12. The molecule has 28 heavy (non-hydrogen) atoms. The third-order valence-corrected chi connectivity index (χ3v) is 6.04. The molecule has 2 heterocycles. The molecule has 3 rings (SSSR count). The van der Waals surface area contributed by atoms with E-state index in [0.717, 1.165) is 20.2 Å². The predicted molar refractivity (Wildman–Crippen MR) is 109 cm³/mol. The molecule has 0 radical (unpaired) electrons. The average Bonchev–Trinajstić information content (AvgIpc) is 3.42. The Bertz CT molecular complexity index is 937. The van der Waals surface area contributed by atoms with Crippen molar-refractivity contribution in [3.63, 3.8) is 0 Å². The molecule has 8 heteroatoms. The van der Waals surface area contributed by atoms with E-state index in [1.54, 1.807) is 13.2 Å². The summed E-state index contributed by atoms with van der Waals surface area (Å²) in [6, 6.07) is 14.7. The van der Waals surface area contributed by atoms with Gasteiger partial charge in [-0.05, 0) is 41.3 Å². The zero-order valence-corrected chi connectivity index (χ0v) is 16.8. The van der Waals surface area contributed by atoms with Crippen molar-refractivity contribution in [2.45, 2.75) is 19.2 Å². The van der Waals surface area contributed by atoms with Crippen LogP contribution in [0.25, 0.3) is 0 Å². The van der Waals surface area contributed by atoms with Crippen LogP contribution in [0.15, 0.2) is 53.9 Å². The molecule has 0 aliphatic heterocycles. The number of carbonyl (C=O) groups excluding carboxylic acids is 2. The van der Waals surface area contributed by atoms with Gasteiger partial charge in [0.15, 0.2) is 0 Å². The minimum absolute atomic E-state index is 0.229. The van der Waals surface area contributed by atoms with Crippen molar-refractivity contribution in [2.24, 2.45) is 0 Å². The van der Waals surface area contributed by atoms with E-state index in [1.165, 1.54) is 22.7 Å². The van der Waals surface area contributed by atoms with E-state index < -0.39 is 17.9 Å². The van der Waals surface area contributed by atoms with Crippen LogP contribution in [-0.2, 0) is 22.7 Å². The fourth-order valence-electron chi connectivity index (χ4n) is 2.52. The fourth-order valence-corrected chi connectivity index (χ4v) is 4.28. The van der Waals surface area contributed by atoms with Gasteiger partial charge in [0.2, 0.25) is 0 Å². The third-order valence-electron chi connectivity index (χ3n) is 3.98. The van der Waals surface area contributed by atoms with E-state index in [4.69, 9.17) is 4.74 Å². The molecule has 6 nitrogen and oxygen atoms in total. The Labute approximate surface area is 170 Å². The van der Waals surface area contributed by atoms with Gasteiger partial charge in [-0.1, -0.05) is 18.2 Å². The summed E-state index contributed by atoms with van der Waals surface area (Å²) in [5.41, 5.74) is 0.839. The lowest BCUT2D eigenvalue weighted by molar-refractivity contribution is -0.139. The van der Waals surface area contributed by atoms with E-state index >= 15 is 0 Å². The van der Waals surface area contributed by atoms with Gasteiger partial charge in [0.1, 0.15) is 11.9 Å². The first-order valence-corrected chi connectivity index (χ1v) is 10.3. The minimum atomic E-state index is -0.698. The van der Waals surface area contributed by atoms with Crippen LogP contribution in [0.3, 0.4) is 0 Å². The van der Waals surface area contributed by atoms with Crippen LogP contribution >= 0.6 is 22.7 Å². The Morgan fingerprint density at radius 3 is 2.54 bits per heavy atom. The topological polar surface area (TPSA) is 87.7 Å². The Morgan fingerprint density at radius 1 is 1.04 bits per heavy atom. The molecule has 1 unspecified atom stereocenters. The number of hydrogen-bond donors (Lipinski definition) is 3. The van der Waals surface area contributed by atoms with Gasteiger partial charge in [0.25, 0.3) is 0 Å². The summed E-state index contributed by atoms with van der Waals surface area (Å²) in [5, 5.41) is 17.4. The lowest BCUT2D eigenvalue weighted by Gasteiger charge is -2.07. The first kappa shape index (κ1) is 20.1. The highest BCUT2D eigenvalue weighted by molar-refractivity contribution is 7.12. The van der Waals surface area contributed by atoms with Crippen LogP contribution in [0.2, 0.25) is 0 Å². The number of benzene rings is 1. The number of carbonyl (C=O) groups is 2. The van der Waals surface area contributed by atoms with E-state index in [0.29, 0.717) is 5.75 Å². The summed E-state index contributed by atoms with van der Waals surface area (Å²) in [5.74, 6) is -0.704. The smallest absolute Gasteiger partial charge is 0.309 e. The molecular weight excluding hydrogens is 396 g/mol. The number of methoxy groups -OCH3 is 1. The molecule has 0 fully saturated rings. The number of amides is 2. The van der Waals surface area contributed by atoms with Gasteiger partial charge < -0.3 is 20.5 Å². The van der Waals surface area contributed by atoms with Gasteiger partial charge in [-0.3, -0.25) is 9.59 Å². The summed E-state index contributed by atoms with van der Waals surface area (Å²) in [7, 11) is 1.57. The van der Waals surface area contributed by atoms with E-state index in [9.17, 15) is 14.7 Å². The molecular formula is C20H20N2O4S2. The van der Waals surface area contributed by atoms with E-state index in [1.807, 2.05) is 47.8 Å². The number of thiophene rings is 2. The molecule has 3 aromatic rings. The van der Waals surface area contributed by atoms with E-state index in [-0.39, 0.29) is 13.1 Å². The van der Waals surface area contributed by atoms with Crippen LogP contribution in [-0.4, -0.2) is 24.0 Å². The molecule has 0 aliphatic rings. The molecule has 0 spiro atoms. The van der Waals surface area contributed by atoms with Gasteiger partial charge >= 0.3 is 11.8 Å². The Morgan fingerprint density at radius 2 is 1.82 bits per heavy atom. The number of rotatable bonds is 7. The Hall–Kier alpha value is -2.68. The predicted octanol–water partition coefficient (Wildman–Crippen LogP) is 2.83. The highest BCUT2D eigenvalue weighted by Crippen LogP contribution is 2.30. The maximum Gasteiger partial charge on any atom is 0.309 e. The van der Waals surface area contributed by atoms with Crippen molar-refractivity contribution in [1.29, 1.82) is 0 Å². The number of nitrogens with one attached hydrogen (secondary N) is 2. The zero-order chi connectivity index (χ0) is 19.9. The molecule has 0 bridgehead atoms. The SMILES string of the molecule is COc1cccc(CNC(=O)C(=O)NCc2ccc(C(O)c3cccs3)s2)c1. The van der Waals surface area contributed by atoms with Crippen LogP contribution in [0, 0.1) is 0 Å². The summed E-state index contributed by atoms with van der Waals surface area (Å²) in [4.78, 5) is 26.5. The van der Waals surface area contributed by atoms with Gasteiger partial charge in [0.05, 0.1) is 13.7 Å². The summed E-state index contributed by atoms with van der Waals surface area (Å²) >= 11 is 2.89. The van der Waals surface area contributed by atoms with Crippen LogP contribution < -0.4 is 15.4 Å². The Balaban J connectivity index is 1.47. The van der Waals surface area contributed by atoms with Crippen molar-refractivity contribution >= 4 is 34.5 Å². The second-order valence-electron chi connectivity index (χ2n) is 5.94. The first-order valence-electron chi connectivity index (χ1n) is 8.56. The van der Waals surface area contributed by atoms with Crippen molar-refractivity contribution in [1.82, 2.24) is 10.6 Å². The maximum absolute atomic E-state index is 12.0. The molecule has 2 aromatic heterocycles. The normalized spacial score (nSPS) is 11.6. The Kier molecular flexibility index (Phi) is 6.80. The second kappa shape index (κ2) is 9.50. The molecule has 0 saturated heterocycles. The number of hydrogen-bond acceptors (Lipinski definition) is 6. The largest absolute Gasteiger partial charge is 0.497 e. The van der Waals surface area contributed by atoms with Crippen molar-refractivity contribution in [3.8, 4) is 5.75 Å². The summed E-state index contributed by atoms with van der Waals surface area (Å²) < 4.78 is 5.13. The lowest BCUT2D eigenvalue weighted by Crippen LogP contribution is -2.39. The molecule has 1 aromatic carbocycles. The van der Waals surface area contributed by atoms with Crippen molar-refractivity contribution in [3.05, 3.63) is 74.1 Å². The number of aliphatic hydroxyl groups is 1. The monoisotopic (exact) mass is 416 g/mol.